The molecule has 0 amide bonds. The molecule has 0 radical (unpaired) electrons. The summed E-state index contributed by atoms with van der Waals surface area (Å²) in [6, 6.07) is 9.27. The summed E-state index contributed by atoms with van der Waals surface area (Å²) < 4.78 is 2.01. The molecule has 1 aromatic carbocycles. The van der Waals surface area contributed by atoms with Gasteiger partial charge in [0.25, 0.3) is 0 Å². The highest BCUT2D eigenvalue weighted by Crippen LogP contribution is 2.34. The first-order valence-corrected chi connectivity index (χ1v) is 6.96. The van der Waals surface area contributed by atoms with Crippen molar-refractivity contribution in [2.75, 3.05) is 6.54 Å². The number of nitrogens with zero attached hydrogens (tertiary/aromatic N) is 5. The van der Waals surface area contributed by atoms with Crippen LogP contribution in [0.3, 0.4) is 0 Å². The highest BCUT2D eigenvalue weighted by molar-refractivity contribution is 5.29. The van der Waals surface area contributed by atoms with Gasteiger partial charge in [-0.2, -0.15) is 0 Å². The zero-order valence-electron chi connectivity index (χ0n) is 10.9. The van der Waals surface area contributed by atoms with Crippen LogP contribution < -0.4 is 0 Å². The number of tetrazole rings is 1. The maximum absolute atomic E-state index is 4.19. The van der Waals surface area contributed by atoms with Gasteiger partial charge < -0.3 is 0 Å². The summed E-state index contributed by atoms with van der Waals surface area (Å²) in [5.41, 5.74) is 2.93. The molecule has 0 spiro atoms. The third kappa shape index (κ3) is 2.14. The summed E-state index contributed by atoms with van der Waals surface area (Å²) in [5.74, 6) is 1.02. The van der Waals surface area contributed by atoms with Crippen molar-refractivity contribution < 1.29 is 0 Å². The molecule has 19 heavy (non-hydrogen) atoms. The predicted octanol–water partition coefficient (Wildman–Crippen LogP) is 1.57. The van der Waals surface area contributed by atoms with E-state index in [-0.39, 0.29) is 0 Å². The van der Waals surface area contributed by atoms with E-state index in [1.165, 1.54) is 24.0 Å². The summed E-state index contributed by atoms with van der Waals surface area (Å²) in [7, 11) is 0. The van der Waals surface area contributed by atoms with Crippen LogP contribution in [0.15, 0.2) is 24.3 Å². The molecule has 0 unspecified atom stereocenters. The molecular weight excluding hydrogens is 238 g/mol. The average Bonchev–Trinajstić information content (AvgIpc) is 3.19. The van der Waals surface area contributed by atoms with Gasteiger partial charge in [0.2, 0.25) is 0 Å². The highest BCUT2D eigenvalue weighted by Gasteiger charge is 2.28. The van der Waals surface area contributed by atoms with Gasteiger partial charge in [0, 0.05) is 13.1 Å². The fraction of sp³-hybridized carbons (Fsp3) is 0.500. The smallest absolute Gasteiger partial charge is 0.165 e. The van der Waals surface area contributed by atoms with Crippen molar-refractivity contribution >= 4 is 0 Å². The van der Waals surface area contributed by atoms with Crippen LogP contribution in [-0.2, 0) is 19.5 Å². The standard InChI is InChI=1S/C14H17N5/c1-2-4-12-9-18(8-7-11(12)3-1)10-14-15-16-17-19(14)13-5-6-13/h1-4,13H,5-10H2. The number of benzene rings is 1. The van der Waals surface area contributed by atoms with E-state index in [9.17, 15) is 0 Å². The minimum Gasteiger partial charge on any atom is -0.291 e. The Morgan fingerprint density at radius 1 is 1.16 bits per heavy atom. The first kappa shape index (κ1) is 11.1. The molecule has 2 aromatic rings. The van der Waals surface area contributed by atoms with Crippen LogP contribution >= 0.6 is 0 Å². The lowest BCUT2D eigenvalue weighted by Gasteiger charge is -2.28. The summed E-state index contributed by atoms with van der Waals surface area (Å²) >= 11 is 0. The van der Waals surface area contributed by atoms with Gasteiger partial charge in [0.05, 0.1) is 12.6 Å². The molecule has 1 aromatic heterocycles. The molecule has 5 nitrogen and oxygen atoms in total. The Bertz CT molecular complexity index is 587. The van der Waals surface area contributed by atoms with Crippen LogP contribution in [0.2, 0.25) is 0 Å². The lowest BCUT2D eigenvalue weighted by Crippen LogP contribution is -2.31. The van der Waals surface area contributed by atoms with Gasteiger partial charge in [-0.15, -0.1) is 5.10 Å². The molecule has 5 heteroatoms. The summed E-state index contributed by atoms with van der Waals surface area (Å²) in [6.07, 6.45) is 3.57. The third-order valence-corrected chi connectivity index (χ3v) is 4.03. The van der Waals surface area contributed by atoms with Crippen LogP contribution in [0.4, 0.5) is 0 Å². The normalized spacial score (nSPS) is 19.4. The van der Waals surface area contributed by atoms with Gasteiger partial charge >= 0.3 is 0 Å². The Morgan fingerprint density at radius 3 is 2.84 bits per heavy atom. The summed E-state index contributed by atoms with van der Waals surface area (Å²) in [5, 5.41) is 12.1. The molecule has 0 N–H and O–H groups in total. The van der Waals surface area contributed by atoms with E-state index in [1.807, 2.05) is 4.68 Å². The molecule has 0 atom stereocenters. The summed E-state index contributed by atoms with van der Waals surface area (Å²) in [4.78, 5) is 2.44. The van der Waals surface area contributed by atoms with E-state index in [1.54, 1.807) is 0 Å². The zero-order chi connectivity index (χ0) is 12.7. The quantitative estimate of drug-likeness (QED) is 0.835. The minimum atomic E-state index is 0.557. The Labute approximate surface area is 112 Å². The second-order valence-corrected chi connectivity index (χ2v) is 5.50. The minimum absolute atomic E-state index is 0.557. The molecule has 2 aliphatic rings. The van der Waals surface area contributed by atoms with Crippen molar-refractivity contribution in [2.45, 2.75) is 38.4 Å². The van der Waals surface area contributed by atoms with Crippen molar-refractivity contribution in [2.24, 2.45) is 0 Å². The van der Waals surface area contributed by atoms with Crippen LogP contribution in [0.25, 0.3) is 0 Å². The number of rotatable bonds is 3. The summed E-state index contributed by atoms with van der Waals surface area (Å²) in [6.45, 7) is 2.96. The van der Waals surface area contributed by atoms with E-state index >= 15 is 0 Å². The van der Waals surface area contributed by atoms with E-state index < -0.39 is 0 Å². The predicted molar refractivity (Wildman–Crippen MR) is 70.3 cm³/mol. The molecule has 1 fully saturated rings. The van der Waals surface area contributed by atoms with Gasteiger partial charge in [-0.05, 0) is 40.8 Å². The molecule has 1 saturated carbocycles. The zero-order valence-corrected chi connectivity index (χ0v) is 10.9. The lowest BCUT2D eigenvalue weighted by atomic mass is 10.00. The Kier molecular flexibility index (Phi) is 2.58. The van der Waals surface area contributed by atoms with E-state index in [0.717, 1.165) is 31.9 Å². The van der Waals surface area contributed by atoms with Gasteiger partial charge in [0.15, 0.2) is 5.82 Å². The Morgan fingerprint density at radius 2 is 2.00 bits per heavy atom. The first-order valence-electron chi connectivity index (χ1n) is 6.96. The third-order valence-electron chi connectivity index (χ3n) is 4.03. The maximum Gasteiger partial charge on any atom is 0.165 e. The van der Waals surface area contributed by atoms with Gasteiger partial charge in [-0.25, -0.2) is 4.68 Å². The van der Waals surface area contributed by atoms with E-state index in [4.69, 9.17) is 0 Å². The number of aromatic nitrogens is 4. The van der Waals surface area contributed by atoms with Crippen LogP contribution in [0, 0.1) is 0 Å². The van der Waals surface area contributed by atoms with Crippen molar-refractivity contribution in [1.29, 1.82) is 0 Å². The number of fused-ring (bicyclic) bond motifs is 1. The van der Waals surface area contributed by atoms with Crippen LogP contribution in [0.1, 0.15) is 35.8 Å². The van der Waals surface area contributed by atoms with Gasteiger partial charge in [-0.3, -0.25) is 4.90 Å². The topological polar surface area (TPSA) is 46.8 Å². The maximum atomic E-state index is 4.19. The van der Waals surface area contributed by atoms with E-state index in [0.29, 0.717) is 6.04 Å². The van der Waals surface area contributed by atoms with E-state index in [2.05, 4.69) is 44.7 Å². The molecule has 1 aliphatic carbocycles. The van der Waals surface area contributed by atoms with Crippen molar-refractivity contribution in [1.82, 2.24) is 25.1 Å². The molecule has 4 rings (SSSR count). The van der Waals surface area contributed by atoms with Crippen LogP contribution in [0.5, 0.6) is 0 Å². The highest BCUT2D eigenvalue weighted by atomic mass is 15.6. The molecule has 0 bridgehead atoms. The molecule has 98 valence electrons. The largest absolute Gasteiger partial charge is 0.291 e. The lowest BCUT2D eigenvalue weighted by molar-refractivity contribution is 0.234. The van der Waals surface area contributed by atoms with Crippen molar-refractivity contribution in [3.05, 3.63) is 41.2 Å². The average molecular weight is 255 g/mol. The fourth-order valence-corrected chi connectivity index (χ4v) is 2.81. The fourth-order valence-electron chi connectivity index (χ4n) is 2.81. The van der Waals surface area contributed by atoms with Crippen molar-refractivity contribution in [3.8, 4) is 0 Å². The van der Waals surface area contributed by atoms with Crippen LogP contribution in [-0.4, -0.2) is 31.7 Å². The van der Waals surface area contributed by atoms with Crippen molar-refractivity contribution in [3.63, 3.8) is 0 Å². The molecule has 1 aliphatic heterocycles. The van der Waals surface area contributed by atoms with Gasteiger partial charge in [-0.1, -0.05) is 24.3 Å². The Hall–Kier alpha value is -1.75. The molecule has 0 saturated heterocycles. The molecule has 2 heterocycles. The second kappa shape index (κ2) is 4.42. The molecular formula is C14H17N5. The SMILES string of the molecule is c1ccc2c(c1)CCN(Cc1nnnn1C1CC1)C2. The van der Waals surface area contributed by atoms with Gasteiger partial charge in [0.1, 0.15) is 0 Å². The number of hydrogen-bond acceptors (Lipinski definition) is 4. The monoisotopic (exact) mass is 255 g/mol. The first-order chi connectivity index (χ1) is 9.40. The Balaban J connectivity index is 1.51. The second-order valence-electron chi connectivity index (χ2n) is 5.50. The number of hydrogen-bond donors (Lipinski definition) is 0.